The van der Waals surface area contributed by atoms with Crippen molar-refractivity contribution in [3.8, 4) is 5.75 Å². The van der Waals surface area contributed by atoms with E-state index in [-0.39, 0.29) is 0 Å². The van der Waals surface area contributed by atoms with Crippen LogP contribution < -0.4 is 10.1 Å². The first-order chi connectivity index (χ1) is 9.75. The van der Waals surface area contributed by atoms with Gasteiger partial charge in [0.1, 0.15) is 18.2 Å². The highest BCUT2D eigenvalue weighted by Crippen LogP contribution is 2.19. The number of para-hydroxylation sites is 1. The van der Waals surface area contributed by atoms with Gasteiger partial charge in [0, 0.05) is 24.8 Å². The predicted octanol–water partition coefficient (Wildman–Crippen LogP) is 2.63. The van der Waals surface area contributed by atoms with E-state index in [4.69, 9.17) is 4.74 Å². The van der Waals surface area contributed by atoms with Gasteiger partial charge in [-0.2, -0.15) is 0 Å². The van der Waals surface area contributed by atoms with E-state index in [1.165, 1.54) is 0 Å². The van der Waals surface area contributed by atoms with Crippen molar-refractivity contribution in [1.29, 1.82) is 0 Å². The minimum Gasteiger partial charge on any atom is -0.492 e. The van der Waals surface area contributed by atoms with Crippen molar-refractivity contribution < 1.29 is 4.74 Å². The van der Waals surface area contributed by atoms with Gasteiger partial charge in [0.05, 0.1) is 0 Å². The van der Waals surface area contributed by atoms with Gasteiger partial charge in [0.15, 0.2) is 0 Å². The molecular formula is C16H21N3O. The molecule has 1 aromatic carbocycles. The first kappa shape index (κ1) is 14.3. The molecule has 4 heteroatoms. The first-order valence-corrected chi connectivity index (χ1v) is 6.76. The van der Waals surface area contributed by atoms with Crippen molar-refractivity contribution in [2.45, 2.75) is 6.54 Å². The molecule has 0 radical (unpaired) electrons. The number of benzene rings is 1. The number of anilines is 1. The average Bonchev–Trinajstić information content (AvgIpc) is 2.47. The van der Waals surface area contributed by atoms with E-state index in [1.54, 1.807) is 6.20 Å². The van der Waals surface area contributed by atoms with Crippen LogP contribution in [-0.4, -0.2) is 37.1 Å². The van der Waals surface area contributed by atoms with Crippen molar-refractivity contribution in [3.05, 3.63) is 54.2 Å². The van der Waals surface area contributed by atoms with Crippen molar-refractivity contribution in [2.24, 2.45) is 0 Å². The maximum atomic E-state index is 5.83. The van der Waals surface area contributed by atoms with Crippen LogP contribution in [0.1, 0.15) is 5.56 Å². The molecular weight excluding hydrogens is 250 g/mol. The predicted molar refractivity (Wildman–Crippen MR) is 82.1 cm³/mol. The van der Waals surface area contributed by atoms with E-state index in [2.05, 4.69) is 21.3 Å². The number of ether oxygens (including phenoxy) is 1. The van der Waals surface area contributed by atoms with Gasteiger partial charge in [-0.15, -0.1) is 0 Å². The van der Waals surface area contributed by atoms with Gasteiger partial charge in [-0.3, -0.25) is 0 Å². The highest BCUT2D eigenvalue weighted by molar-refractivity contribution is 5.39. The molecule has 0 saturated heterocycles. The molecule has 0 atom stereocenters. The standard InChI is InChI=1S/C16H21N3O/c1-19(2)11-12-20-15-8-4-3-7-14(15)13-18-16-9-5-6-10-17-16/h3-10H,11-13H2,1-2H3,(H,17,18). The van der Waals surface area contributed by atoms with Gasteiger partial charge in [-0.25, -0.2) is 4.98 Å². The highest BCUT2D eigenvalue weighted by atomic mass is 16.5. The Labute approximate surface area is 120 Å². The van der Waals surface area contributed by atoms with Gasteiger partial charge >= 0.3 is 0 Å². The molecule has 2 aromatic rings. The topological polar surface area (TPSA) is 37.4 Å². The van der Waals surface area contributed by atoms with Gasteiger partial charge in [-0.05, 0) is 32.3 Å². The Morgan fingerprint density at radius 3 is 2.65 bits per heavy atom. The third-order valence-electron chi connectivity index (χ3n) is 2.89. The van der Waals surface area contributed by atoms with Crippen molar-refractivity contribution in [3.63, 3.8) is 0 Å². The fourth-order valence-electron chi connectivity index (χ4n) is 1.78. The molecule has 0 fully saturated rings. The lowest BCUT2D eigenvalue weighted by atomic mass is 10.2. The highest BCUT2D eigenvalue weighted by Gasteiger charge is 2.03. The summed E-state index contributed by atoms with van der Waals surface area (Å²) in [5.74, 6) is 1.80. The summed E-state index contributed by atoms with van der Waals surface area (Å²) in [6.07, 6.45) is 1.78. The largest absolute Gasteiger partial charge is 0.492 e. The van der Waals surface area contributed by atoms with Gasteiger partial charge < -0.3 is 15.0 Å². The number of nitrogens with zero attached hydrogens (tertiary/aromatic N) is 2. The van der Waals surface area contributed by atoms with E-state index < -0.39 is 0 Å². The number of pyridine rings is 1. The molecule has 20 heavy (non-hydrogen) atoms. The molecule has 0 spiro atoms. The minimum absolute atomic E-state index is 0.688. The SMILES string of the molecule is CN(C)CCOc1ccccc1CNc1ccccn1. The zero-order valence-corrected chi connectivity index (χ0v) is 12.0. The first-order valence-electron chi connectivity index (χ1n) is 6.76. The molecule has 0 saturated carbocycles. The van der Waals surface area contributed by atoms with E-state index in [0.717, 1.165) is 23.7 Å². The van der Waals surface area contributed by atoms with Crippen LogP contribution in [0, 0.1) is 0 Å². The molecule has 0 aliphatic heterocycles. The maximum Gasteiger partial charge on any atom is 0.126 e. The molecule has 1 heterocycles. The lowest BCUT2D eigenvalue weighted by Gasteiger charge is -2.14. The fourth-order valence-corrected chi connectivity index (χ4v) is 1.78. The Morgan fingerprint density at radius 2 is 1.90 bits per heavy atom. The van der Waals surface area contributed by atoms with Crippen LogP contribution in [0.4, 0.5) is 5.82 Å². The fraction of sp³-hybridized carbons (Fsp3) is 0.312. The molecule has 2 rings (SSSR count). The number of aromatic nitrogens is 1. The summed E-state index contributed by atoms with van der Waals surface area (Å²) in [5, 5.41) is 3.30. The van der Waals surface area contributed by atoms with Crippen LogP contribution in [0.5, 0.6) is 5.75 Å². The number of likely N-dealkylation sites (N-methyl/N-ethyl adjacent to an activating group) is 1. The zero-order chi connectivity index (χ0) is 14.2. The number of hydrogen-bond donors (Lipinski definition) is 1. The van der Waals surface area contributed by atoms with Crippen LogP contribution >= 0.6 is 0 Å². The summed E-state index contributed by atoms with van der Waals surface area (Å²) in [5.41, 5.74) is 1.14. The third-order valence-corrected chi connectivity index (χ3v) is 2.89. The Balaban J connectivity index is 1.93. The van der Waals surface area contributed by atoms with Crippen molar-refractivity contribution in [1.82, 2.24) is 9.88 Å². The summed E-state index contributed by atoms with van der Waals surface area (Å²) in [6.45, 7) is 2.30. The lowest BCUT2D eigenvalue weighted by Crippen LogP contribution is -2.19. The Kier molecular flexibility index (Phi) is 5.38. The summed E-state index contributed by atoms with van der Waals surface area (Å²) in [7, 11) is 4.08. The zero-order valence-electron chi connectivity index (χ0n) is 12.0. The van der Waals surface area contributed by atoms with E-state index in [1.807, 2.05) is 50.5 Å². The smallest absolute Gasteiger partial charge is 0.126 e. The van der Waals surface area contributed by atoms with E-state index in [0.29, 0.717) is 13.2 Å². The Bertz CT molecular complexity index is 514. The van der Waals surface area contributed by atoms with Gasteiger partial charge in [-0.1, -0.05) is 24.3 Å². The molecule has 0 amide bonds. The molecule has 0 unspecified atom stereocenters. The number of nitrogens with one attached hydrogen (secondary N) is 1. The number of hydrogen-bond acceptors (Lipinski definition) is 4. The number of rotatable bonds is 7. The Morgan fingerprint density at radius 1 is 1.10 bits per heavy atom. The maximum absolute atomic E-state index is 5.83. The van der Waals surface area contributed by atoms with Crippen molar-refractivity contribution >= 4 is 5.82 Å². The van der Waals surface area contributed by atoms with E-state index in [9.17, 15) is 0 Å². The van der Waals surface area contributed by atoms with Crippen LogP contribution in [0.3, 0.4) is 0 Å². The molecule has 1 N–H and O–H groups in total. The summed E-state index contributed by atoms with van der Waals surface area (Å²) in [4.78, 5) is 6.36. The second kappa shape index (κ2) is 7.50. The third kappa shape index (κ3) is 4.55. The average molecular weight is 271 g/mol. The molecule has 4 nitrogen and oxygen atoms in total. The lowest BCUT2D eigenvalue weighted by molar-refractivity contribution is 0.259. The Hall–Kier alpha value is -2.07. The van der Waals surface area contributed by atoms with E-state index >= 15 is 0 Å². The van der Waals surface area contributed by atoms with Gasteiger partial charge in [0.2, 0.25) is 0 Å². The summed E-state index contributed by atoms with van der Waals surface area (Å²) in [6, 6.07) is 13.9. The molecule has 0 aliphatic carbocycles. The van der Waals surface area contributed by atoms with Crippen molar-refractivity contribution in [2.75, 3.05) is 32.6 Å². The molecule has 106 valence electrons. The van der Waals surface area contributed by atoms with Crippen LogP contribution in [-0.2, 0) is 6.54 Å². The summed E-state index contributed by atoms with van der Waals surface area (Å²) < 4.78 is 5.83. The van der Waals surface area contributed by atoms with Crippen LogP contribution in [0.2, 0.25) is 0 Å². The second-order valence-electron chi connectivity index (χ2n) is 4.83. The molecule has 1 aromatic heterocycles. The minimum atomic E-state index is 0.688. The molecule has 0 bridgehead atoms. The second-order valence-corrected chi connectivity index (χ2v) is 4.83. The van der Waals surface area contributed by atoms with Crippen LogP contribution in [0.15, 0.2) is 48.7 Å². The molecule has 0 aliphatic rings. The summed E-state index contributed by atoms with van der Waals surface area (Å²) >= 11 is 0. The van der Waals surface area contributed by atoms with Gasteiger partial charge in [0.25, 0.3) is 0 Å². The monoisotopic (exact) mass is 271 g/mol. The van der Waals surface area contributed by atoms with Crippen LogP contribution in [0.25, 0.3) is 0 Å². The quantitative estimate of drug-likeness (QED) is 0.840. The normalized spacial score (nSPS) is 10.6.